The molecule has 0 spiro atoms. The molecular formula is C17H20FN3O. The number of amides is 1. The third kappa shape index (κ3) is 4.84. The largest absolute Gasteiger partial charge is 0.384 e. The van der Waals surface area contributed by atoms with Gasteiger partial charge < -0.3 is 10.6 Å². The number of carbonyl (C=O) groups excluding carboxylic acids is 1. The van der Waals surface area contributed by atoms with Gasteiger partial charge in [0.05, 0.1) is 11.3 Å². The molecule has 2 aromatic rings. The summed E-state index contributed by atoms with van der Waals surface area (Å²) < 4.78 is 12.8. The Labute approximate surface area is 129 Å². The van der Waals surface area contributed by atoms with Crippen LogP contribution in [0.5, 0.6) is 0 Å². The van der Waals surface area contributed by atoms with E-state index in [0.717, 1.165) is 24.2 Å². The van der Waals surface area contributed by atoms with Crippen molar-refractivity contribution in [3.05, 3.63) is 59.7 Å². The Bertz CT molecular complexity index is 614. The average Bonchev–Trinajstić information content (AvgIpc) is 2.55. The molecule has 2 N–H and O–H groups in total. The number of hydrogen-bond donors (Lipinski definition) is 2. The van der Waals surface area contributed by atoms with E-state index in [9.17, 15) is 9.18 Å². The molecule has 2 rings (SSSR count). The van der Waals surface area contributed by atoms with Gasteiger partial charge in [-0.15, -0.1) is 0 Å². The highest BCUT2D eigenvalue weighted by molar-refractivity contribution is 5.94. The summed E-state index contributed by atoms with van der Waals surface area (Å²) in [6, 6.07) is 8.07. The average molecular weight is 301 g/mol. The maximum absolute atomic E-state index is 12.8. The minimum Gasteiger partial charge on any atom is -0.384 e. The van der Waals surface area contributed by atoms with E-state index in [4.69, 9.17) is 0 Å². The number of pyridine rings is 1. The van der Waals surface area contributed by atoms with Crippen LogP contribution in [0.1, 0.15) is 29.3 Å². The maximum Gasteiger partial charge on any atom is 0.252 e. The number of nitrogens with one attached hydrogen (secondary N) is 2. The number of anilines is 1. The highest BCUT2D eigenvalue weighted by Crippen LogP contribution is 2.08. The third-order valence-corrected chi connectivity index (χ3v) is 3.19. The standard InChI is InChI=1S/C17H20FN3O/c1-2-8-20-16-10-14(11-19-12-16)17(22)21-9-7-13-3-5-15(18)6-4-13/h3-6,10-12,20H,2,7-9H2,1H3,(H,21,22). The van der Waals surface area contributed by atoms with Crippen LogP contribution < -0.4 is 10.6 Å². The molecule has 0 saturated carbocycles. The number of carbonyl (C=O) groups is 1. The summed E-state index contributed by atoms with van der Waals surface area (Å²) in [5.74, 6) is -0.412. The first kappa shape index (κ1) is 15.9. The maximum atomic E-state index is 12.8. The molecule has 0 atom stereocenters. The van der Waals surface area contributed by atoms with Crippen molar-refractivity contribution >= 4 is 11.6 Å². The second kappa shape index (κ2) is 8.12. The van der Waals surface area contributed by atoms with Crippen LogP contribution in [0.2, 0.25) is 0 Å². The Kier molecular flexibility index (Phi) is 5.89. The zero-order valence-electron chi connectivity index (χ0n) is 12.6. The smallest absolute Gasteiger partial charge is 0.252 e. The van der Waals surface area contributed by atoms with E-state index in [1.54, 1.807) is 30.6 Å². The highest BCUT2D eigenvalue weighted by Gasteiger charge is 2.06. The Morgan fingerprint density at radius 1 is 1.18 bits per heavy atom. The molecule has 0 aliphatic carbocycles. The lowest BCUT2D eigenvalue weighted by molar-refractivity contribution is 0.0954. The number of benzene rings is 1. The van der Waals surface area contributed by atoms with Gasteiger partial charge in [0.1, 0.15) is 5.82 Å². The molecule has 0 unspecified atom stereocenters. The lowest BCUT2D eigenvalue weighted by Crippen LogP contribution is -2.25. The van der Waals surface area contributed by atoms with Crippen LogP contribution in [-0.2, 0) is 6.42 Å². The molecule has 22 heavy (non-hydrogen) atoms. The number of nitrogens with zero attached hydrogens (tertiary/aromatic N) is 1. The van der Waals surface area contributed by atoms with E-state index >= 15 is 0 Å². The normalized spacial score (nSPS) is 10.3. The Balaban J connectivity index is 1.85. The molecule has 0 aliphatic heterocycles. The van der Waals surface area contributed by atoms with Gasteiger partial charge in [-0.1, -0.05) is 19.1 Å². The van der Waals surface area contributed by atoms with E-state index in [1.807, 2.05) is 0 Å². The molecule has 5 heteroatoms. The molecule has 1 heterocycles. The Hall–Kier alpha value is -2.43. The summed E-state index contributed by atoms with van der Waals surface area (Å²) in [4.78, 5) is 16.1. The first-order valence-corrected chi connectivity index (χ1v) is 7.40. The second-order valence-corrected chi connectivity index (χ2v) is 5.02. The minimum absolute atomic E-state index is 0.158. The molecule has 0 saturated heterocycles. The van der Waals surface area contributed by atoms with E-state index in [-0.39, 0.29) is 11.7 Å². The minimum atomic E-state index is -0.254. The first-order chi connectivity index (χ1) is 10.7. The first-order valence-electron chi connectivity index (χ1n) is 7.40. The predicted molar refractivity (Wildman–Crippen MR) is 85.5 cm³/mol. The van der Waals surface area contributed by atoms with Gasteiger partial charge in [-0.05, 0) is 36.6 Å². The van der Waals surface area contributed by atoms with Crippen LogP contribution in [0.4, 0.5) is 10.1 Å². The molecule has 1 amide bonds. The molecule has 0 radical (unpaired) electrons. The number of aromatic nitrogens is 1. The monoisotopic (exact) mass is 301 g/mol. The van der Waals surface area contributed by atoms with E-state index in [0.29, 0.717) is 18.5 Å². The van der Waals surface area contributed by atoms with Crippen molar-refractivity contribution in [3.63, 3.8) is 0 Å². The molecule has 0 fully saturated rings. The lowest BCUT2D eigenvalue weighted by atomic mass is 10.1. The molecule has 1 aromatic carbocycles. The van der Waals surface area contributed by atoms with E-state index < -0.39 is 0 Å². The van der Waals surface area contributed by atoms with Crippen LogP contribution >= 0.6 is 0 Å². The van der Waals surface area contributed by atoms with Crippen LogP contribution in [0.15, 0.2) is 42.7 Å². The van der Waals surface area contributed by atoms with Gasteiger partial charge in [0.15, 0.2) is 0 Å². The Morgan fingerprint density at radius 3 is 2.68 bits per heavy atom. The molecule has 4 nitrogen and oxygen atoms in total. The number of rotatable bonds is 7. The van der Waals surface area contributed by atoms with Crippen molar-refractivity contribution < 1.29 is 9.18 Å². The second-order valence-electron chi connectivity index (χ2n) is 5.02. The summed E-state index contributed by atoms with van der Waals surface area (Å²) in [6.45, 7) is 3.42. The summed E-state index contributed by atoms with van der Waals surface area (Å²) >= 11 is 0. The van der Waals surface area contributed by atoms with Crippen LogP contribution in [-0.4, -0.2) is 24.0 Å². The quantitative estimate of drug-likeness (QED) is 0.826. The summed E-state index contributed by atoms with van der Waals surface area (Å²) in [6.07, 6.45) is 4.91. The summed E-state index contributed by atoms with van der Waals surface area (Å²) in [5.41, 5.74) is 2.35. The molecule has 1 aromatic heterocycles. The summed E-state index contributed by atoms with van der Waals surface area (Å²) in [7, 11) is 0. The fourth-order valence-electron chi connectivity index (χ4n) is 2.00. The SMILES string of the molecule is CCCNc1cncc(C(=O)NCCc2ccc(F)cc2)c1. The van der Waals surface area contributed by atoms with Gasteiger partial charge in [-0.2, -0.15) is 0 Å². The predicted octanol–water partition coefficient (Wildman–Crippen LogP) is 3.02. The van der Waals surface area contributed by atoms with Crippen molar-refractivity contribution in [3.8, 4) is 0 Å². The fraction of sp³-hybridized carbons (Fsp3) is 0.294. The fourth-order valence-corrected chi connectivity index (χ4v) is 2.00. The van der Waals surface area contributed by atoms with Crippen molar-refractivity contribution in [1.82, 2.24) is 10.3 Å². The van der Waals surface area contributed by atoms with E-state index in [2.05, 4.69) is 22.5 Å². The van der Waals surface area contributed by atoms with Crippen LogP contribution in [0.25, 0.3) is 0 Å². The van der Waals surface area contributed by atoms with Crippen molar-refractivity contribution in [2.45, 2.75) is 19.8 Å². The zero-order valence-corrected chi connectivity index (χ0v) is 12.6. The molecular weight excluding hydrogens is 281 g/mol. The number of halogens is 1. The molecule has 0 bridgehead atoms. The van der Waals surface area contributed by atoms with Gasteiger partial charge >= 0.3 is 0 Å². The Morgan fingerprint density at radius 2 is 1.95 bits per heavy atom. The third-order valence-electron chi connectivity index (χ3n) is 3.19. The molecule has 0 aliphatic rings. The lowest BCUT2D eigenvalue weighted by Gasteiger charge is -2.08. The van der Waals surface area contributed by atoms with E-state index in [1.165, 1.54) is 12.1 Å². The number of hydrogen-bond acceptors (Lipinski definition) is 3. The van der Waals surface area contributed by atoms with Crippen molar-refractivity contribution in [2.24, 2.45) is 0 Å². The van der Waals surface area contributed by atoms with Gasteiger partial charge in [-0.3, -0.25) is 9.78 Å². The van der Waals surface area contributed by atoms with Crippen molar-refractivity contribution in [2.75, 3.05) is 18.4 Å². The summed E-state index contributed by atoms with van der Waals surface area (Å²) in [5, 5.41) is 6.04. The molecule has 116 valence electrons. The van der Waals surface area contributed by atoms with Crippen LogP contribution in [0, 0.1) is 5.82 Å². The van der Waals surface area contributed by atoms with Gasteiger partial charge in [-0.25, -0.2) is 4.39 Å². The van der Waals surface area contributed by atoms with Crippen LogP contribution in [0.3, 0.4) is 0 Å². The van der Waals surface area contributed by atoms with Gasteiger partial charge in [0, 0.05) is 25.5 Å². The highest BCUT2D eigenvalue weighted by atomic mass is 19.1. The van der Waals surface area contributed by atoms with Crippen molar-refractivity contribution in [1.29, 1.82) is 0 Å². The zero-order chi connectivity index (χ0) is 15.8. The van der Waals surface area contributed by atoms with Gasteiger partial charge in [0.25, 0.3) is 5.91 Å². The topological polar surface area (TPSA) is 54.0 Å². The van der Waals surface area contributed by atoms with Gasteiger partial charge in [0.2, 0.25) is 0 Å².